The van der Waals surface area contributed by atoms with Gasteiger partial charge < -0.3 is 9.64 Å². The van der Waals surface area contributed by atoms with Gasteiger partial charge in [0.1, 0.15) is 11.5 Å². The van der Waals surface area contributed by atoms with E-state index in [4.69, 9.17) is 7.48 Å². The summed E-state index contributed by atoms with van der Waals surface area (Å²) in [7, 11) is 0. The SMILES string of the molecule is [2H]c1c([2H])c([2H])c(-c2cc(C(C)(C)C)cc(-c3c([2H])c([2H])c([2H])c([2H])c3[2H])c2N2c3ccc(-c4ccccc4)cc3B3c4cc(-c5ccccc5)ccc4Oc4cc(C5(c6ccccc6)c6ccccc6-c6ccccc65)cc2c43)c([2H])c1[2H]. The van der Waals surface area contributed by atoms with E-state index in [-0.39, 0.29) is 27.9 Å². The fourth-order valence-electron chi connectivity index (χ4n) is 12.0. The van der Waals surface area contributed by atoms with Crippen LogP contribution in [0, 0.1) is 0 Å². The maximum absolute atomic E-state index is 9.79. The number of hydrogen-bond acceptors (Lipinski definition) is 2. The molecule has 2 nitrogen and oxygen atoms in total. The van der Waals surface area contributed by atoms with E-state index >= 15 is 0 Å². The largest absolute Gasteiger partial charge is 0.458 e. The van der Waals surface area contributed by atoms with Crippen LogP contribution in [0.1, 0.15) is 62.3 Å². The van der Waals surface area contributed by atoms with Crippen LogP contribution in [0.25, 0.3) is 55.6 Å². The molecular weight excluding hydrogens is 894 g/mol. The summed E-state index contributed by atoms with van der Waals surface area (Å²) in [4.78, 5) is 2.06. The Hall–Kier alpha value is -8.92. The first-order chi connectivity index (χ1) is 40.5. The van der Waals surface area contributed by atoms with Crippen LogP contribution in [0.15, 0.2) is 261 Å². The summed E-state index contributed by atoms with van der Waals surface area (Å²) in [5.41, 5.74) is 13.2. The number of fused-ring (bicyclic) bond motifs is 7. The molecule has 14 rings (SSSR count). The topological polar surface area (TPSA) is 12.5 Å². The Morgan fingerprint density at radius 2 is 0.932 bits per heavy atom. The van der Waals surface area contributed by atoms with Crippen LogP contribution >= 0.6 is 0 Å². The standard InChI is InChI=1S/C71H52BNO/c1-70(2,3)54-43-58(49-27-13-6-14-28-49)69(59(44-54)50-29-15-7-16-30-50)73-64-39-37-51(47-23-9-4-10-24-47)41-62(64)72-63-42-52(48-25-11-5-12-26-48)38-40-66(63)74-67-46-55(45-65(73)68(67)72)71(53-31-17-8-18-32-53)60-35-21-19-33-56(60)57-34-20-22-36-61(57)71/h4-46H,1-3H3/i6D,7D,13D,14D,15D,16D,27D,28D,29D,30D. The van der Waals surface area contributed by atoms with Crippen molar-refractivity contribution in [2.45, 2.75) is 31.6 Å². The van der Waals surface area contributed by atoms with E-state index < -0.39 is 78.0 Å². The van der Waals surface area contributed by atoms with E-state index in [1.165, 1.54) is 0 Å². The number of anilines is 3. The van der Waals surface area contributed by atoms with Crippen LogP contribution in [0.3, 0.4) is 0 Å². The highest BCUT2D eigenvalue weighted by Crippen LogP contribution is 2.58. The first kappa shape index (κ1) is 34.4. The smallest absolute Gasteiger partial charge is 0.256 e. The number of nitrogens with zero attached hydrogens (tertiary/aromatic N) is 1. The molecule has 3 aliphatic rings. The number of hydrogen-bond donors (Lipinski definition) is 0. The molecule has 0 bridgehead atoms. The van der Waals surface area contributed by atoms with Crippen molar-refractivity contribution >= 4 is 40.2 Å². The van der Waals surface area contributed by atoms with Crippen molar-refractivity contribution in [2.75, 3.05) is 4.90 Å². The summed E-state index contributed by atoms with van der Waals surface area (Å²) in [6.45, 7) is 5.46. The molecule has 0 radical (unpaired) electrons. The highest BCUT2D eigenvalue weighted by atomic mass is 16.5. The number of rotatable bonds is 7. The molecule has 0 fully saturated rings. The number of benzene rings is 11. The zero-order chi connectivity index (χ0) is 58.2. The Morgan fingerprint density at radius 3 is 1.50 bits per heavy atom. The molecule has 0 amide bonds. The van der Waals surface area contributed by atoms with Gasteiger partial charge in [0.2, 0.25) is 0 Å². The summed E-state index contributed by atoms with van der Waals surface area (Å²) in [5, 5.41) is 0. The van der Waals surface area contributed by atoms with Crippen molar-refractivity contribution in [1.29, 1.82) is 0 Å². The highest BCUT2D eigenvalue weighted by molar-refractivity contribution is 6.99. The van der Waals surface area contributed by atoms with Gasteiger partial charge in [-0.3, -0.25) is 0 Å². The Morgan fingerprint density at radius 1 is 0.419 bits per heavy atom. The van der Waals surface area contributed by atoms with Gasteiger partial charge in [-0.1, -0.05) is 245 Å². The van der Waals surface area contributed by atoms with Crippen LogP contribution in [0.5, 0.6) is 11.5 Å². The van der Waals surface area contributed by atoms with Crippen molar-refractivity contribution in [3.05, 3.63) is 288 Å². The van der Waals surface area contributed by atoms with Gasteiger partial charge in [0.15, 0.2) is 0 Å². The molecular formula is C71H52BNO. The molecule has 350 valence electrons. The molecule has 2 aliphatic heterocycles. The lowest BCUT2D eigenvalue weighted by Gasteiger charge is -2.43. The monoisotopic (exact) mass is 955 g/mol. The molecule has 74 heavy (non-hydrogen) atoms. The van der Waals surface area contributed by atoms with Gasteiger partial charge >= 0.3 is 0 Å². The maximum atomic E-state index is 9.79. The van der Waals surface area contributed by atoms with Gasteiger partial charge in [0.25, 0.3) is 6.71 Å². The maximum Gasteiger partial charge on any atom is 0.256 e. The van der Waals surface area contributed by atoms with E-state index in [1.807, 2.05) is 81.4 Å². The summed E-state index contributed by atoms with van der Waals surface area (Å²) in [5.74, 6) is 1.22. The second kappa shape index (κ2) is 17.1. The molecule has 2 heterocycles. The van der Waals surface area contributed by atoms with Gasteiger partial charge in [-0.15, -0.1) is 0 Å². The molecule has 0 unspecified atom stereocenters. The van der Waals surface area contributed by atoms with Gasteiger partial charge in [0, 0.05) is 22.5 Å². The van der Waals surface area contributed by atoms with Crippen LogP contribution in [0.2, 0.25) is 0 Å². The van der Waals surface area contributed by atoms with Gasteiger partial charge in [-0.2, -0.15) is 0 Å². The molecule has 11 aromatic carbocycles. The van der Waals surface area contributed by atoms with Crippen LogP contribution < -0.4 is 26.0 Å². The third kappa shape index (κ3) is 6.80. The molecule has 0 saturated heterocycles. The van der Waals surface area contributed by atoms with E-state index in [0.29, 0.717) is 28.4 Å². The molecule has 0 aromatic heterocycles. The average Bonchev–Trinajstić information content (AvgIpc) is 1.20. The normalized spacial score (nSPS) is 15.4. The lowest BCUT2D eigenvalue weighted by atomic mass is 9.33. The quantitative estimate of drug-likeness (QED) is 0.148. The van der Waals surface area contributed by atoms with Gasteiger partial charge in [0.05, 0.1) is 24.8 Å². The predicted molar refractivity (Wildman–Crippen MR) is 310 cm³/mol. The summed E-state index contributed by atoms with van der Waals surface area (Å²) in [6.07, 6.45) is 0. The first-order valence-corrected chi connectivity index (χ1v) is 25.1. The zero-order valence-electron chi connectivity index (χ0n) is 51.0. The summed E-state index contributed by atoms with van der Waals surface area (Å²) in [6, 6.07) is 63.3. The van der Waals surface area contributed by atoms with Gasteiger partial charge in [-0.25, -0.2) is 0 Å². The zero-order valence-corrected chi connectivity index (χ0v) is 41.0. The van der Waals surface area contributed by atoms with Crippen molar-refractivity contribution in [2.24, 2.45) is 0 Å². The summed E-state index contributed by atoms with van der Waals surface area (Å²) < 4.78 is 101. The van der Waals surface area contributed by atoms with Crippen molar-refractivity contribution in [3.8, 4) is 67.1 Å². The van der Waals surface area contributed by atoms with Crippen molar-refractivity contribution in [1.82, 2.24) is 0 Å². The molecule has 0 spiro atoms. The minimum atomic E-state index is -0.971. The van der Waals surface area contributed by atoms with Crippen LogP contribution in [-0.2, 0) is 10.8 Å². The Labute approximate surface area is 449 Å². The van der Waals surface area contributed by atoms with Crippen molar-refractivity contribution < 1.29 is 18.4 Å². The average molecular weight is 956 g/mol. The first-order valence-electron chi connectivity index (χ1n) is 30.1. The van der Waals surface area contributed by atoms with Crippen LogP contribution in [-0.4, -0.2) is 6.71 Å². The van der Waals surface area contributed by atoms with E-state index in [1.54, 1.807) is 0 Å². The lowest BCUT2D eigenvalue weighted by molar-refractivity contribution is 0.486. The van der Waals surface area contributed by atoms with E-state index in [0.717, 1.165) is 72.0 Å². The number of ether oxygens (including phenoxy) is 1. The van der Waals surface area contributed by atoms with Crippen molar-refractivity contribution in [3.63, 3.8) is 0 Å². The second-order valence-electron chi connectivity index (χ2n) is 20.4. The minimum Gasteiger partial charge on any atom is -0.458 e. The lowest BCUT2D eigenvalue weighted by Crippen LogP contribution is -2.59. The fraction of sp³-hybridized carbons (Fsp3) is 0.0704. The molecule has 0 saturated carbocycles. The minimum absolute atomic E-state index is 0.112. The van der Waals surface area contributed by atoms with Crippen LogP contribution in [0.4, 0.5) is 17.1 Å². The molecule has 1 aliphatic carbocycles. The Kier molecular flexibility index (Phi) is 7.97. The Balaban J connectivity index is 1.21. The predicted octanol–water partition coefficient (Wildman–Crippen LogP) is 16.4. The molecule has 0 N–H and O–H groups in total. The molecule has 11 aromatic rings. The molecule has 3 heteroatoms. The summed E-state index contributed by atoms with van der Waals surface area (Å²) >= 11 is 0. The fourth-order valence-corrected chi connectivity index (χ4v) is 12.0. The third-order valence-electron chi connectivity index (χ3n) is 15.3. The second-order valence-corrected chi connectivity index (χ2v) is 20.4. The Bertz CT molecular complexity index is 4390. The van der Waals surface area contributed by atoms with E-state index in [9.17, 15) is 11.0 Å². The third-order valence-corrected chi connectivity index (χ3v) is 15.3. The van der Waals surface area contributed by atoms with Gasteiger partial charge in [-0.05, 0) is 131 Å². The molecule has 0 atom stereocenters. The highest BCUT2D eigenvalue weighted by Gasteiger charge is 2.49. The van der Waals surface area contributed by atoms with E-state index in [2.05, 4.69) is 144 Å².